The summed E-state index contributed by atoms with van der Waals surface area (Å²) in [4.78, 5) is 20.1. The van der Waals surface area contributed by atoms with Gasteiger partial charge in [-0.2, -0.15) is 0 Å². The fraction of sp³-hybridized carbons (Fsp3) is 0.190. The number of carbonyl (C=O) groups excluding carboxylic acids is 1. The highest BCUT2D eigenvalue weighted by molar-refractivity contribution is 5.89. The quantitative estimate of drug-likeness (QED) is 0.552. The Morgan fingerprint density at radius 3 is 2.31 bits per heavy atom. The van der Waals surface area contributed by atoms with Gasteiger partial charge in [0.2, 0.25) is 5.91 Å². The van der Waals surface area contributed by atoms with Crippen LogP contribution in [0.5, 0.6) is 11.5 Å². The predicted octanol–water partition coefficient (Wildman–Crippen LogP) is 4.25. The van der Waals surface area contributed by atoms with E-state index in [-0.39, 0.29) is 5.91 Å². The molecule has 8 heteroatoms. The molecule has 0 saturated carbocycles. The Labute approximate surface area is 169 Å². The summed E-state index contributed by atoms with van der Waals surface area (Å²) in [6.07, 6.45) is 0. The number of benzene rings is 2. The van der Waals surface area contributed by atoms with Crippen LogP contribution in [0.3, 0.4) is 0 Å². The number of hydrogen-bond donors (Lipinski definition) is 3. The molecule has 0 fully saturated rings. The lowest BCUT2D eigenvalue weighted by molar-refractivity contribution is -0.114. The Hall–Kier alpha value is -3.81. The van der Waals surface area contributed by atoms with Crippen molar-refractivity contribution in [1.29, 1.82) is 0 Å². The topological polar surface area (TPSA) is 97.4 Å². The summed E-state index contributed by atoms with van der Waals surface area (Å²) in [5.74, 6) is 3.05. The normalized spacial score (nSPS) is 10.2. The van der Waals surface area contributed by atoms with Crippen LogP contribution >= 0.6 is 0 Å². The van der Waals surface area contributed by atoms with E-state index < -0.39 is 0 Å². The van der Waals surface area contributed by atoms with E-state index in [2.05, 4.69) is 25.9 Å². The lowest BCUT2D eigenvalue weighted by Gasteiger charge is -2.14. The minimum absolute atomic E-state index is 0.126. The van der Waals surface area contributed by atoms with E-state index in [1.807, 2.05) is 49.4 Å². The van der Waals surface area contributed by atoms with Crippen LogP contribution < -0.4 is 25.4 Å². The Morgan fingerprint density at radius 2 is 1.62 bits per heavy atom. The van der Waals surface area contributed by atoms with Crippen molar-refractivity contribution in [2.45, 2.75) is 13.8 Å². The number of nitrogens with zero attached hydrogens (tertiary/aromatic N) is 2. The lowest BCUT2D eigenvalue weighted by Crippen LogP contribution is -2.06. The number of hydrogen-bond acceptors (Lipinski definition) is 7. The van der Waals surface area contributed by atoms with Gasteiger partial charge in [-0.3, -0.25) is 4.79 Å². The summed E-state index contributed by atoms with van der Waals surface area (Å²) in [7, 11) is 3.21. The molecule has 29 heavy (non-hydrogen) atoms. The molecule has 3 N–H and O–H groups in total. The number of amides is 1. The minimum atomic E-state index is -0.126. The molecule has 0 aliphatic carbocycles. The number of anilines is 5. The number of rotatable bonds is 7. The molecule has 0 aliphatic heterocycles. The highest BCUT2D eigenvalue weighted by Gasteiger charge is 2.09. The van der Waals surface area contributed by atoms with E-state index in [4.69, 9.17) is 9.47 Å². The van der Waals surface area contributed by atoms with Gasteiger partial charge in [-0.25, -0.2) is 9.97 Å². The number of ether oxygens (including phenoxy) is 2. The zero-order chi connectivity index (χ0) is 20.8. The average Bonchev–Trinajstić information content (AvgIpc) is 2.67. The fourth-order valence-corrected chi connectivity index (χ4v) is 2.77. The van der Waals surface area contributed by atoms with Crippen molar-refractivity contribution in [2.75, 3.05) is 30.2 Å². The molecule has 1 aromatic heterocycles. The molecule has 3 rings (SSSR count). The Kier molecular flexibility index (Phi) is 6.13. The standard InChI is InChI=1S/C21H23N5O3/c1-13-22-20(25-16-7-5-6-15(10-16)24-14(2)27)12-21(23-13)26-18-11-17(28-3)8-9-19(18)29-4/h5-12H,1-4H3,(H,24,27)(H2,22,23,25,26). The van der Waals surface area contributed by atoms with E-state index in [1.165, 1.54) is 6.92 Å². The Bertz CT molecular complexity index is 1020. The van der Waals surface area contributed by atoms with E-state index in [0.29, 0.717) is 34.6 Å². The molecule has 0 bridgehead atoms. The highest BCUT2D eigenvalue weighted by atomic mass is 16.5. The monoisotopic (exact) mass is 393 g/mol. The third-order valence-corrected chi connectivity index (χ3v) is 3.96. The predicted molar refractivity (Wildman–Crippen MR) is 114 cm³/mol. The van der Waals surface area contributed by atoms with Crippen LogP contribution in [0.4, 0.5) is 28.7 Å². The molecular weight excluding hydrogens is 370 g/mol. The van der Waals surface area contributed by atoms with Gasteiger partial charge in [0.05, 0.1) is 19.9 Å². The Balaban J connectivity index is 1.85. The number of nitrogens with one attached hydrogen (secondary N) is 3. The van der Waals surface area contributed by atoms with Gasteiger partial charge < -0.3 is 25.4 Å². The van der Waals surface area contributed by atoms with Crippen molar-refractivity contribution in [3.05, 3.63) is 54.4 Å². The maximum atomic E-state index is 11.3. The van der Waals surface area contributed by atoms with Crippen LogP contribution in [0.15, 0.2) is 48.5 Å². The minimum Gasteiger partial charge on any atom is -0.497 e. The molecule has 0 spiro atoms. The van der Waals surface area contributed by atoms with E-state index >= 15 is 0 Å². The molecule has 0 aliphatic rings. The summed E-state index contributed by atoms with van der Waals surface area (Å²) in [6, 6.07) is 14.7. The van der Waals surface area contributed by atoms with Crippen LogP contribution in [0.2, 0.25) is 0 Å². The molecule has 8 nitrogen and oxygen atoms in total. The van der Waals surface area contributed by atoms with Crippen LogP contribution in [0.25, 0.3) is 0 Å². The molecule has 1 heterocycles. The second-order valence-electron chi connectivity index (χ2n) is 6.26. The van der Waals surface area contributed by atoms with Crippen molar-refractivity contribution in [3.8, 4) is 11.5 Å². The summed E-state index contributed by atoms with van der Waals surface area (Å²) < 4.78 is 10.7. The summed E-state index contributed by atoms with van der Waals surface area (Å²) in [5, 5.41) is 9.25. The molecule has 2 aromatic carbocycles. The van der Waals surface area contributed by atoms with Gasteiger partial charge in [0.1, 0.15) is 29.0 Å². The number of aryl methyl sites for hydroxylation is 1. The number of methoxy groups -OCH3 is 2. The molecule has 0 radical (unpaired) electrons. The van der Waals surface area contributed by atoms with Crippen LogP contribution in [0, 0.1) is 6.92 Å². The zero-order valence-corrected chi connectivity index (χ0v) is 16.7. The van der Waals surface area contributed by atoms with Crippen LogP contribution in [0.1, 0.15) is 12.7 Å². The van der Waals surface area contributed by atoms with Crippen molar-refractivity contribution >= 4 is 34.6 Å². The van der Waals surface area contributed by atoms with Gasteiger partial charge in [0, 0.05) is 30.4 Å². The van der Waals surface area contributed by atoms with E-state index in [9.17, 15) is 4.79 Å². The second-order valence-corrected chi connectivity index (χ2v) is 6.26. The highest BCUT2D eigenvalue weighted by Crippen LogP contribution is 2.31. The first-order valence-electron chi connectivity index (χ1n) is 8.96. The van der Waals surface area contributed by atoms with Crippen LogP contribution in [-0.4, -0.2) is 30.1 Å². The van der Waals surface area contributed by atoms with Gasteiger partial charge in [-0.1, -0.05) is 6.07 Å². The first kappa shape index (κ1) is 19.9. The maximum absolute atomic E-state index is 11.3. The molecule has 0 unspecified atom stereocenters. The van der Waals surface area contributed by atoms with Crippen molar-refractivity contribution in [1.82, 2.24) is 9.97 Å². The third kappa shape index (κ3) is 5.35. The summed E-state index contributed by atoms with van der Waals surface area (Å²) in [5.41, 5.74) is 2.22. The fourth-order valence-electron chi connectivity index (χ4n) is 2.77. The van der Waals surface area contributed by atoms with Gasteiger partial charge in [0.25, 0.3) is 0 Å². The first-order valence-corrected chi connectivity index (χ1v) is 8.96. The molecule has 0 saturated heterocycles. The SMILES string of the molecule is COc1ccc(OC)c(Nc2cc(Nc3cccc(NC(C)=O)c3)nc(C)n2)c1. The molecule has 150 valence electrons. The van der Waals surface area contributed by atoms with Crippen molar-refractivity contribution in [3.63, 3.8) is 0 Å². The van der Waals surface area contributed by atoms with Gasteiger partial charge in [0.15, 0.2) is 0 Å². The molecular formula is C21H23N5O3. The number of carbonyl (C=O) groups is 1. The largest absolute Gasteiger partial charge is 0.497 e. The molecule has 1 amide bonds. The van der Waals surface area contributed by atoms with Gasteiger partial charge in [-0.15, -0.1) is 0 Å². The van der Waals surface area contributed by atoms with Gasteiger partial charge >= 0.3 is 0 Å². The summed E-state index contributed by atoms with van der Waals surface area (Å²) >= 11 is 0. The smallest absolute Gasteiger partial charge is 0.221 e. The zero-order valence-electron chi connectivity index (χ0n) is 16.7. The summed E-state index contributed by atoms with van der Waals surface area (Å²) in [6.45, 7) is 3.28. The first-order chi connectivity index (χ1) is 14.0. The van der Waals surface area contributed by atoms with E-state index in [1.54, 1.807) is 20.3 Å². The number of aromatic nitrogens is 2. The average molecular weight is 393 g/mol. The lowest BCUT2D eigenvalue weighted by atomic mass is 10.2. The Morgan fingerprint density at radius 1 is 0.897 bits per heavy atom. The van der Waals surface area contributed by atoms with Crippen molar-refractivity contribution < 1.29 is 14.3 Å². The third-order valence-electron chi connectivity index (χ3n) is 3.96. The van der Waals surface area contributed by atoms with Crippen molar-refractivity contribution in [2.24, 2.45) is 0 Å². The van der Waals surface area contributed by atoms with E-state index in [0.717, 1.165) is 11.4 Å². The second kappa shape index (κ2) is 8.92. The van der Waals surface area contributed by atoms with Gasteiger partial charge in [-0.05, 0) is 37.3 Å². The van der Waals surface area contributed by atoms with Crippen LogP contribution in [-0.2, 0) is 4.79 Å². The maximum Gasteiger partial charge on any atom is 0.221 e. The molecule has 3 aromatic rings. The molecule has 0 atom stereocenters.